The van der Waals surface area contributed by atoms with Gasteiger partial charge in [-0.25, -0.2) is 4.98 Å². The van der Waals surface area contributed by atoms with E-state index >= 15 is 0 Å². The molecule has 10 heavy (non-hydrogen) atoms. The van der Waals surface area contributed by atoms with Gasteiger partial charge in [-0.15, -0.1) is 11.3 Å². The zero-order valence-electron chi connectivity index (χ0n) is 5.07. The summed E-state index contributed by atoms with van der Waals surface area (Å²) in [5.74, 6) is 0. The smallest absolute Gasteiger partial charge is 0.181 e. The minimum absolute atomic E-state index is 0.881. The first kappa shape index (κ1) is 5.68. The van der Waals surface area contributed by atoms with Gasteiger partial charge < -0.3 is 4.42 Å². The number of oxazole rings is 1. The summed E-state index contributed by atoms with van der Waals surface area (Å²) in [7, 11) is 0. The standard InChI is InChI=1S/C7H4NOS/c1-2-7(10-3-1)6-4-9-5-8-6/h1-2,4-5H. The van der Waals surface area contributed by atoms with Gasteiger partial charge in [-0.05, 0) is 12.1 Å². The van der Waals surface area contributed by atoms with Crippen molar-refractivity contribution in [1.29, 1.82) is 0 Å². The minimum Gasteiger partial charge on any atom is -0.451 e. The van der Waals surface area contributed by atoms with E-state index in [9.17, 15) is 0 Å². The number of hydrogen-bond acceptors (Lipinski definition) is 3. The maximum Gasteiger partial charge on any atom is 0.181 e. The van der Waals surface area contributed by atoms with Gasteiger partial charge in [0.2, 0.25) is 0 Å². The van der Waals surface area contributed by atoms with Gasteiger partial charge in [0, 0.05) is 5.38 Å². The molecule has 0 atom stereocenters. The highest BCUT2D eigenvalue weighted by atomic mass is 32.1. The topological polar surface area (TPSA) is 26.0 Å². The average Bonchev–Trinajstić information content (AvgIpc) is 2.59. The van der Waals surface area contributed by atoms with Crippen LogP contribution in [0.1, 0.15) is 0 Å². The second-order valence-corrected chi connectivity index (χ2v) is 2.67. The van der Waals surface area contributed by atoms with Crippen LogP contribution in [0, 0.1) is 5.38 Å². The Morgan fingerprint density at radius 3 is 3.20 bits per heavy atom. The molecule has 0 aliphatic rings. The first-order valence-electron chi connectivity index (χ1n) is 2.81. The predicted octanol–water partition coefficient (Wildman–Crippen LogP) is 2.20. The molecule has 0 saturated carbocycles. The fourth-order valence-corrected chi connectivity index (χ4v) is 1.32. The third kappa shape index (κ3) is 0.844. The average molecular weight is 150 g/mol. The van der Waals surface area contributed by atoms with Crippen molar-refractivity contribution >= 4 is 11.3 Å². The summed E-state index contributed by atoms with van der Waals surface area (Å²) in [5, 5.41) is 2.98. The van der Waals surface area contributed by atoms with Gasteiger partial charge in [-0.3, -0.25) is 0 Å². The molecule has 0 fully saturated rings. The molecular formula is C7H4NOS. The summed E-state index contributed by atoms with van der Waals surface area (Å²) in [5.41, 5.74) is 0.881. The number of aromatic nitrogens is 1. The van der Waals surface area contributed by atoms with Crippen LogP contribution in [0.4, 0.5) is 0 Å². The molecule has 2 aromatic heterocycles. The van der Waals surface area contributed by atoms with E-state index in [1.54, 1.807) is 6.26 Å². The molecule has 0 amide bonds. The van der Waals surface area contributed by atoms with Crippen molar-refractivity contribution in [2.45, 2.75) is 0 Å². The van der Waals surface area contributed by atoms with E-state index in [1.165, 1.54) is 17.7 Å². The van der Waals surface area contributed by atoms with E-state index in [2.05, 4.69) is 10.4 Å². The van der Waals surface area contributed by atoms with Crippen LogP contribution in [0.25, 0.3) is 10.6 Å². The maximum absolute atomic E-state index is 4.82. The SMILES string of the molecule is [c]1ccc(-c2cocn2)s1. The third-order valence-corrected chi connectivity index (χ3v) is 1.98. The van der Waals surface area contributed by atoms with Crippen LogP contribution in [0.3, 0.4) is 0 Å². The monoisotopic (exact) mass is 150 g/mol. The van der Waals surface area contributed by atoms with Crippen LogP contribution in [0.15, 0.2) is 29.2 Å². The fourth-order valence-electron chi connectivity index (χ4n) is 0.713. The summed E-state index contributed by atoms with van der Waals surface area (Å²) in [4.78, 5) is 5.07. The molecule has 0 N–H and O–H groups in total. The summed E-state index contributed by atoms with van der Waals surface area (Å²) >= 11 is 1.53. The molecule has 0 aromatic carbocycles. The van der Waals surface area contributed by atoms with Crippen molar-refractivity contribution in [2.24, 2.45) is 0 Å². The predicted molar refractivity (Wildman–Crippen MR) is 38.7 cm³/mol. The number of nitrogens with zero attached hydrogens (tertiary/aromatic N) is 1. The van der Waals surface area contributed by atoms with Gasteiger partial charge in [-0.2, -0.15) is 0 Å². The highest BCUT2D eigenvalue weighted by molar-refractivity contribution is 7.13. The lowest BCUT2D eigenvalue weighted by molar-refractivity contribution is 0.558. The minimum atomic E-state index is 0.881. The summed E-state index contributed by atoms with van der Waals surface area (Å²) < 4.78 is 4.82. The van der Waals surface area contributed by atoms with Crippen LogP contribution in [0.2, 0.25) is 0 Å². The third-order valence-electron chi connectivity index (χ3n) is 1.16. The second kappa shape index (κ2) is 2.27. The van der Waals surface area contributed by atoms with Gasteiger partial charge in [0.25, 0.3) is 0 Å². The molecule has 3 heteroatoms. The molecule has 0 aliphatic heterocycles. The largest absolute Gasteiger partial charge is 0.451 e. The molecule has 2 rings (SSSR count). The lowest BCUT2D eigenvalue weighted by Gasteiger charge is -1.81. The van der Waals surface area contributed by atoms with E-state index in [0.29, 0.717) is 0 Å². The van der Waals surface area contributed by atoms with Gasteiger partial charge >= 0.3 is 0 Å². The van der Waals surface area contributed by atoms with Gasteiger partial charge in [0.15, 0.2) is 6.39 Å². The Morgan fingerprint density at radius 2 is 2.60 bits per heavy atom. The normalized spacial score (nSPS) is 10.0. The highest BCUT2D eigenvalue weighted by Gasteiger charge is 1.99. The zero-order valence-corrected chi connectivity index (χ0v) is 5.89. The van der Waals surface area contributed by atoms with Crippen LogP contribution >= 0.6 is 11.3 Å². The van der Waals surface area contributed by atoms with Crippen LogP contribution in [-0.4, -0.2) is 4.98 Å². The van der Waals surface area contributed by atoms with Crippen LogP contribution in [-0.2, 0) is 0 Å². The van der Waals surface area contributed by atoms with Crippen molar-refractivity contribution in [3.63, 3.8) is 0 Å². The lowest BCUT2D eigenvalue weighted by atomic mass is 10.4. The zero-order chi connectivity index (χ0) is 6.81. The molecule has 1 radical (unpaired) electrons. The van der Waals surface area contributed by atoms with E-state index < -0.39 is 0 Å². The van der Waals surface area contributed by atoms with Crippen molar-refractivity contribution in [2.75, 3.05) is 0 Å². The Balaban J connectivity index is 2.48. The highest BCUT2D eigenvalue weighted by Crippen LogP contribution is 2.21. The fraction of sp³-hybridized carbons (Fsp3) is 0. The second-order valence-electron chi connectivity index (χ2n) is 1.79. The van der Waals surface area contributed by atoms with Crippen molar-refractivity contribution in [1.82, 2.24) is 4.98 Å². The molecule has 0 spiro atoms. The molecule has 0 unspecified atom stereocenters. The summed E-state index contributed by atoms with van der Waals surface area (Å²) in [6.45, 7) is 0. The Labute approximate surface area is 62.1 Å². The molecule has 2 heterocycles. The van der Waals surface area contributed by atoms with Gasteiger partial charge in [-0.1, -0.05) is 0 Å². The molecule has 0 bridgehead atoms. The van der Waals surface area contributed by atoms with Gasteiger partial charge in [0.1, 0.15) is 12.0 Å². The first-order valence-corrected chi connectivity index (χ1v) is 3.63. The Kier molecular flexibility index (Phi) is 1.29. The lowest BCUT2D eigenvalue weighted by Crippen LogP contribution is -1.65. The molecular weight excluding hydrogens is 146 g/mol. The molecule has 49 valence electrons. The van der Waals surface area contributed by atoms with Crippen molar-refractivity contribution in [3.8, 4) is 10.6 Å². The summed E-state index contributed by atoms with van der Waals surface area (Å²) in [6.07, 6.45) is 3.05. The summed E-state index contributed by atoms with van der Waals surface area (Å²) in [6, 6.07) is 3.83. The Hall–Kier alpha value is -1.09. The van der Waals surface area contributed by atoms with Crippen molar-refractivity contribution in [3.05, 3.63) is 30.2 Å². The Morgan fingerprint density at radius 1 is 1.60 bits per heavy atom. The van der Waals surface area contributed by atoms with Gasteiger partial charge in [0.05, 0.1) is 4.88 Å². The number of hydrogen-bond donors (Lipinski definition) is 0. The molecule has 2 aromatic rings. The maximum atomic E-state index is 4.82. The van der Waals surface area contributed by atoms with Crippen molar-refractivity contribution < 1.29 is 4.42 Å². The van der Waals surface area contributed by atoms with E-state index in [4.69, 9.17) is 4.42 Å². The molecule has 0 saturated heterocycles. The number of thiophene rings is 1. The van der Waals surface area contributed by atoms with Crippen LogP contribution < -0.4 is 0 Å². The molecule has 0 aliphatic carbocycles. The quantitative estimate of drug-likeness (QED) is 0.622. The van der Waals surface area contributed by atoms with E-state index in [0.717, 1.165) is 10.6 Å². The molecule has 2 nitrogen and oxygen atoms in total. The first-order chi connectivity index (χ1) is 4.97. The Bertz CT molecular complexity index is 253. The number of rotatable bonds is 1. The van der Waals surface area contributed by atoms with E-state index in [1.807, 2.05) is 12.1 Å². The van der Waals surface area contributed by atoms with Crippen LogP contribution in [0.5, 0.6) is 0 Å². The van der Waals surface area contributed by atoms with E-state index in [-0.39, 0.29) is 0 Å².